The molecular weight excluding hydrogens is 350 g/mol. The SMILES string of the molecule is CC(=O)N1Cc2cc(-c3ccccc3C(=O)O)ccc2/C=C\c2ccccc21. The largest absolute Gasteiger partial charge is 0.478 e. The molecule has 3 aromatic carbocycles. The summed E-state index contributed by atoms with van der Waals surface area (Å²) in [7, 11) is 0. The first-order valence-electron chi connectivity index (χ1n) is 9.05. The van der Waals surface area contributed by atoms with Gasteiger partial charge in [0.1, 0.15) is 0 Å². The summed E-state index contributed by atoms with van der Waals surface area (Å²) in [5.41, 5.74) is 5.59. The Hall–Kier alpha value is -3.66. The lowest BCUT2D eigenvalue weighted by Crippen LogP contribution is -2.29. The minimum atomic E-state index is -0.957. The van der Waals surface area contributed by atoms with Gasteiger partial charge in [-0.25, -0.2) is 4.79 Å². The Labute approximate surface area is 163 Å². The Bertz CT molecular complexity index is 1110. The molecule has 0 bridgehead atoms. The molecule has 0 aromatic heterocycles. The van der Waals surface area contributed by atoms with Crippen LogP contribution in [0, 0.1) is 0 Å². The first-order valence-corrected chi connectivity index (χ1v) is 9.05. The number of carbonyl (C=O) groups is 2. The van der Waals surface area contributed by atoms with Crippen LogP contribution < -0.4 is 4.90 Å². The first-order chi connectivity index (χ1) is 13.5. The third-order valence-corrected chi connectivity index (χ3v) is 4.99. The molecular formula is C24H19NO3. The van der Waals surface area contributed by atoms with Crippen LogP contribution in [0.2, 0.25) is 0 Å². The zero-order valence-electron chi connectivity index (χ0n) is 15.4. The van der Waals surface area contributed by atoms with Gasteiger partial charge in [-0.15, -0.1) is 0 Å². The van der Waals surface area contributed by atoms with E-state index in [0.717, 1.165) is 27.9 Å². The highest BCUT2D eigenvalue weighted by Gasteiger charge is 2.19. The van der Waals surface area contributed by atoms with Crippen LogP contribution in [-0.4, -0.2) is 17.0 Å². The number of fused-ring (bicyclic) bond motifs is 2. The molecule has 138 valence electrons. The number of amides is 1. The van der Waals surface area contributed by atoms with Gasteiger partial charge < -0.3 is 10.0 Å². The Morgan fingerprint density at radius 1 is 0.893 bits per heavy atom. The van der Waals surface area contributed by atoms with Crippen LogP contribution >= 0.6 is 0 Å². The molecule has 0 saturated heterocycles. The topological polar surface area (TPSA) is 57.6 Å². The maximum Gasteiger partial charge on any atom is 0.336 e. The summed E-state index contributed by atoms with van der Waals surface area (Å²) in [6, 6.07) is 20.6. The molecule has 0 saturated carbocycles. The van der Waals surface area contributed by atoms with E-state index in [4.69, 9.17) is 0 Å². The van der Waals surface area contributed by atoms with E-state index in [9.17, 15) is 14.7 Å². The van der Waals surface area contributed by atoms with Gasteiger partial charge in [0.2, 0.25) is 5.91 Å². The van der Waals surface area contributed by atoms with Gasteiger partial charge in [-0.3, -0.25) is 4.79 Å². The number of carbonyl (C=O) groups excluding carboxylic acids is 1. The molecule has 1 heterocycles. The lowest BCUT2D eigenvalue weighted by molar-refractivity contribution is -0.116. The normalized spacial score (nSPS) is 13.7. The van der Waals surface area contributed by atoms with Crippen molar-refractivity contribution in [2.24, 2.45) is 0 Å². The van der Waals surface area contributed by atoms with Gasteiger partial charge in [-0.1, -0.05) is 60.7 Å². The molecule has 1 amide bonds. The smallest absolute Gasteiger partial charge is 0.336 e. The van der Waals surface area contributed by atoms with Crippen LogP contribution in [-0.2, 0) is 11.3 Å². The van der Waals surface area contributed by atoms with E-state index in [2.05, 4.69) is 0 Å². The molecule has 0 aliphatic carbocycles. The summed E-state index contributed by atoms with van der Waals surface area (Å²) in [4.78, 5) is 25.7. The van der Waals surface area contributed by atoms with Gasteiger partial charge in [-0.05, 0) is 46.0 Å². The van der Waals surface area contributed by atoms with Crippen molar-refractivity contribution in [2.75, 3.05) is 4.90 Å². The summed E-state index contributed by atoms with van der Waals surface area (Å²) < 4.78 is 0. The van der Waals surface area contributed by atoms with E-state index < -0.39 is 5.97 Å². The first kappa shape index (κ1) is 17.7. The summed E-state index contributed by atoms with van der Waals surface area (Å²) in [6.07, 6.45) is 4.05. The van der Waals surface area contributed by atoms with Crippen molar-refractivity contribution in [2.45, 2.75) is 13.5 Å². The molecule has 1 aliphatic heterocycles. The summed E-state index contributed by atoms with van der Waals surface area (Å²) in [5.74, 6) is -0.994. The maximum atomic E-state index is 12.4. The molecule has 0 atom stereocenters. The fourth-order valence-corrected chi connectivity index (χ4v) is 3.58. The average Bonchev–Trinajstić information content (AvgIpc) is 2.69. The summed E-state index contributed by atoms with van der Waals surface area (Å²) in [5, 5.41) is 9.51. The molecule has 28 heavy (non-hydrogen) atoms. The third kappa shape index (κ3) is 3.21. The molecule has 4 heteroatoms. The van der Waals surface area contributed by atoms with Crippen molar-refractivity contribution < 1.29 is 14.7 Å². The number of nitrogens with zero attached hydrogens (tertiary/aromatic N) is 1. The van der Waals surface area contributed by atoms with Gasteiger partial charge in [0.15, 0.2) is 0 Å². The number of carboxylic acid groups (broad SMARTS) is 1. The van der Waals surface area contributed by atoms with Gasteiger partial charge in [-0.2, -0.15) is 0 Å². The van der Waals surface area contributed by atoms with Crippen LogP contribution in [0.5, 0.6) is 0 Å². The Balaban J connectivity index is 1.85. The van der Waals surface area contributed by atoms with E-state index in [1.165, 1.54) is 0 Å². The molecule has 0 unspecified atom stereocenters. The predicted molar refractivity (Wildman–Crippen MR) is 111 cm³/mol. The molecule has 1 N–H and O–H groups in total. The number of benzene rings is 3. The van der Waals surface area contributed by atoms with E-state index in [0.29, 0.717) is 12.1 Å². The number of para-hydroxylation sites is 1. The molecule has 1 aliphatic rings. The van der Waals surface area contributed by atoms with Crippen molar-refractivity contribution in [3.8, 4) is 11.1 Å². The number of hydrogen-bond donors (Lipinski definition) is 1. The quantitative estimate of drug-likeness (QED) is 0.685. The van der Waals surface area contributed by atoms with Gasteiger partial charge >= 0.3 is 5.97 Å². The van der Waals surface area contributed by atoms with Crippen molar-refractivity contribution in [1.29, 1.82) is 0 Å². The second-order valence-electron chi connectivity index (χ2n) is 6.76. The Morgan fingerprint density at radius 2 is 1.61 bits per heavy atom. The zero-order chi connectivity index (χ0) is 19.7. The van der Waals surface area contributed by atoms with Gasteiger partial charge in [0.25, 0.3) is 0 Å². The van der Waals surface area contributed by atoms with Gasteiger partial charge in [0, 0.05) is 6.92 Å². The number of anilines is 1. The zero-order valence-corrected chi connectivity index (χ0v) is 15.4. The van der Waals surface area contributed by atoms with Crippen molar-refractivity contribution in [3.05, 3.63) is 89.0 Å². The summed E-state index contributed by atoms with van der Waals surface area (Å²) >= 11 is 0. The lowest BCUT2D eigenvalue weighted by Gasteiger charge is -2.26. The maximum absolute atomic E-state index is 12.4. The van der Waals surface area contributed by atoms with E-state index in [1.807, 2.05) is 66.7 Å². The minimum absolute atomic E-state index is 0.0370. The standard InChI is InChI=1S/C24H19NO3/c1-16(26)25-15-20-14-19(21-7-3-4-8-22(21)24(27)28)13-11-17(20)10-12-18-6-2-5-9-23(18)25/h2-14H,15H2,1H3,(H,27,28)/b12-10-. The van der Waals surface area contributed by atoms with Crippen LogP contribution in [0.25, 0.3) is 23.3 Å². The van der Waals surface area contributed by atoms with Crippen LogP contribution in [0.1, 0.15) is 34.0 Å². The Kier molecular flexibility index (Phi) is 4.53. The number of aromatic carboxylic acids is 1. The van der Waals surface area contributed by atoms with E-state index in [-0.39, 0.29) is 11.5 Å². The van der Waals surface area contributed by atoms with Crippen LogP contribution in [0.4, 0.5) is 5.69 Å². The van der Waals surface area contributed by atoms with Crippen molar-refractivity contribution >= 4 is 29.7 Å². The third-order valence-electron chi connectivity index (χ3n) is 4.99. The van der Waals surface area contributed by atoms with Crippen LogP contribution in [0.3, 0.4) is 0 Å². The fraction of sp³-hybridized carbons (Fsp3) is 0.0833. The number of rotatable bonds is 2. The molecule has 3 aromatic rings. The number of hydrogen-bond acceptors (Lipinski definition) is 2. The molecule has 4 nitrogen and oxygen atoms in total. The van der Waals surface area contributed by atoms with Gasteiger partial charge in [0.05, 0.1) is 17.8 Å². The molecule has 0 radical (unpaired) electrons. The summed E-state index contributed by atoms with van der Waals surface area (Å²) in [6.45, 7) is 1.99. The predicted octanol–water partition coefficient (Wildman–Crippen LogP) is 5.09. The molecule has 4 rings (SSSR count). The monoisotopic (exact) mass is 369 g/mol. The highest BCUT2D eigenvalue weighted by molar-refractivity contribution is 5.97. The van der Waals surface area contributed by atoms with Crippen molar-refractivity contribution in [3.63, 3.8) is 0 Å². The second kappa shape index (κ2) is 7.16. The second-order valence-corrected chi connectivity index (χ2v) is 6.76. The lowest BCUT2D eigenvalue weighted by atomic mass is 9.94. The molecule has 0 fully saturated rings. The highest BCUT2D eigenvalue weighted by Crippen LogP contribution is 2.32. The fourth-order valence-electron chi connectivity index (χ4n) is 3.58. The highest BCUT2D eigenvalue weighted by atomic mass is 16.4. The van der Waals surface area contributed by atoms with Crippen LogP contribution in [0.15, 0.2) is 66.7 Å². The van der Waals surface area contributed by atoms with E-state index in [1.54, 1.807) is 24.0 Å². The van der Waals surface area contributed by atoms with Crippen molar-refractivity contribution in [1.82, 2.24) is 0 Å². The van der Waals surface area contributed by atoms with E-state index >= 15 is 0 Å². The number of carboxylic acids is 1. The Morgan fingerprint density at radius 3 is 2.39 bits per heavy atom. The minimum Gasteiger partial charge on any atom is -0.478 e. The molecule has 0 spiro atoms. The average molecular weight is 369 g/mol.